The smallest absolute Gasteiger partial charge is 0.269 e. The molecule has 0 aliphatic heterocycles. The maximum Gasteiger partial charge on any atom is 0.269 e. The third kappa shape index (κ3) is 3.57. The molecule has 0 spiro atoms. The molecule has 0 unspecified atom stereocenters. The summed E-state index contributed by atoms with van der Waals surface area (Å²) in [7, 11) is 0. The number of rotatable bonds is 5. The molecule has 6 nitrogen and oxygen atoms in total. The van der Waals surface area contributed by atoms with E-state index in [1.807, 2.05) is 6.92 Å². The molecule has 0 atom stereocenters. The van der Waals surface area contributed by atoms with Gasteiger partial charge in [-0.05, 0) is 36.8 Å². The first-order valence-electron chi connectivity index (χ1n) is 6.57. The van der Waals surface area contributed by atoms with Crippen LogP contribution in [0.1, 0.15) is 18.9 Å². The van der Waals surface area contributed by atoms with E-state index in [1.165, 1.54) is 36.4 Å². The molecule has 0 radical (unpaired) electrons. The van der Waals surface area contributed by atoms with Gasteiger partial charge in [0.2, 0.25) is 0 Å². The van der Waals surface area contributed by atoms with E-state index in [4.69, 9.17) is 0 Å². The summed E-state index contributed by atoms with van der Waals surface area (Å²) in [6, 6.07) is 9.36. The Morgan fingerprint density at radius 1 is 1.32 bits per heavy atom. The number of benzene rings is 2. The van der Waals surface area contributed by atoms with Crippen LogP contribution >= 0.6 is 0 Å². The number of non-ortho nitro benzene ring substituents is 1. The molecule has 0 heterocycles. The number of halogens is 1. The van der Waals surface area contributed by atoms with Crippen LogP contribution in [0.2, 0.25) is 0 Å². The van der Waals surface area contributed by atoms with Gasteiger partial charge in [-0.15, -0.1) is 0 Å². The molecule has 2 aromatic carbocycles. The van der Waals surface area contributed by atoms with Crippen molar-refractivity contribution in [3.05, 3.63) is 64.0 Å². The van der Waals surface area contributed by atoms with Gasteiger partial charge in [-0.3, -0.25) is 15.5 Å². The lowest BCUT2D eigenvalue weighted by molar-refractivity contribution is -0.384. The van der Waals surface area contributed by atoms with Gasteiger partial charge in [-0.1, -0.05) is 6.92 Å². The molecular formula is C15H14FN3O3. The first-order chi connectivity index (χ1) is 10.5. The molecule has 2 N–H and O–H groups in total. The first kappa shape index (κ1) is 15.4. The molecular weight excluding hydrogens is 289 g/mol. The predicted octanol–water partition coefficient (Wildman–Crippen LogP) is 3.67. The molecule has 0 aliphatic carbocycles. The fourth-order valence-electron chi connectivity index (χ4n) is 1.86. The lowest BCUT2D eigenvalue weighted by atomic mass is 10.1. The number of anilines is 1. The van der Waals surface area contributed by atoms with E-state index < -0.39 is 10.7 Å². The lowest BCUT2D eigenvalue weighted by Crippen LogP contribution is -2.04. The van der Waals surface area contributed by atoms with Gasteiger partial charge in [0, 0.05) is 17.7 Å². The molecule has 7 heteroatoms. The zero-order valence-corrected chi connectivity index (χ0v) is 11.8. The Balaban J connectivity index is 2.22. The Hall–Kier alpha value is -2.96. The van der Waals surface area contributed by atoms with Gasteiger partial charge in [0.05, 0.1) is 16.3 Å². The third-order valence-corrected chi connectivity index (χ3v) is 3.00. The summed E-state index contributed by atoms with van der Waals surface area (Å²) < 4.78 is 13.3. The van der Waals surface area contributed by atoms with Crippen molar-refractivity contribution < 1.29 is 14.4 Å². The second-order valence-electron chi connectivity index (χ2n) is 4.49. The number of nitrogens with zero attached hydrogens (tertiary/aromatic N) is 2. The summed E-state index contributed by atoms with van der Waals surface area (Å²) in [6.07, 6.45) is 0.469. The number of hydrogen-bond donors (Lipinski definition) is 2. The fourth-order valence-corrected chi connectivity index (χ4v) is 1.86. The summed E-state index contributed by atoms with van der Waals surface area (Å²) in [5.41, 5.74) is 4.04. The molecule has 0 amide bonds. The maximum absolute atomic E-state index is 13.3. The zero-order chi connectivity index (χ0) is 16.1. The summed E-state index contributed by atoms with van der Waals surface area (Å²) in [4.78, 5) is 10.1. The molecule has 114 valence electrons. The molecule has 0 aromatic heterocycles. The quantitative estimate of drug-likeness (QED) is 0.501. The van der Waals surface area contributed by atoms with Crippen LogP contribution in [0.15, 0.2) is 47.6 Å². The van der Waals surface area contributed by atoms with Crippen molar-refractivity contribution in [1.29, 1.82) is 0 Å². The molecule has 0 saturated heterocycles. The predicted molar refractivity (Wildman–Crippen MR) is 81.6 cm³/mol. The summed E-state index contributed by atoms with van der Waals surface area (Å²) in [5.74, 6) is -0.531. The van der Waals surface area contributed by atoms with Crippen molar-refractivity contribution in [3.63, 3.8) is 0 Å². The SMILES string of the molecule is CC/C(=N\Nc1ccc([N+](=O)[O-])cc1)c1cc(F)ccc1O. The second-order valence-corrected chi connectivity index (χ2v) is 4.49. The van der Waals surface area contributed by atoms with Gasteiger partial charge in [-0.25, -0.2) is 4.39 Å². The van der Waals surface area contributed by atoms with E-state index in [9.17, 15) is 19.6 Å². The highest BCUT2D eigenvalue weighted by atomic mass is 19.1. The van der Waals surface area contributed by atoms with Crippen molar-refractivity contribution in [2.75, 3.05) is 5.43 Å². The average molecular weight is 303 g/mol. The van der Waals surface area contributed by atoms with Gasteiger partial charge >= 0.3 is 0 Å². The van der Waals surface area contributed by atoms with Gasteiger partial charge in [0.1, 0.15) is 11.6 Å². The van der Waals surface area contributed by atoms with Crippen LogP contribution in [0, 0.1) is 15.9 Å². The molecule has 2 rings (SSSR count). The summed E-state index contributed by atoms with van der Waals surface area (Å²) in [6.45, 7) is 1.82. The van der Waals surface area contributed by atoms with Gasteiger partial charge in [-0.2, -0.15) is 5.10 Å². The summed E-state index contributed by atoms with van der Waals surface area (Å²) in [5, 5.41) is 24.5. The van der Waals surface area contributed by atoms with Gasteiger partial charge in [0.15, 0.2) is 0 Å². The standard InChI is InChI=1S/C15H14FN3O3/c1-2-14(13-9-10(16)3-8-15(13)20)18-17-11-4-6-12(7-5-11)19(21)22/h3-9,17,20H,2H2,1H3/b18-14+. The van der Waals surface area contributed by atoms with E-state index >= 15 is 0 Å². The Labute approximate surface area is 126 Å². The Morgan fingerprint density at radius 2 is 2.00 bits per heavy atom. The van der Waals surface area contributed by atoms with Crippen molar-refractivity contribution in [3.8, 4) is 5.75 Å². The minimum atomic E-state index is -0.491. The van der Waals surface area contributed by atoms with Gasteiger partial charge < -0.3 is 5.11 Å². The number of aromatic hydroxyl groups is 1. The number of nitro benzene ring substituents is 1. The van der Waals surface area contributed by atoms with Crippen LogP contribution in [0.4, 0.5) is 15.8 Å². The number of phenolic OH excluding ortho intramolecular Hbond substituents is 1. The zero-order valence-electron chi connectivity index (χ0n) is 11.8. The Morgan fingerprint density at radius 3 is 2.59 bits per heavy atom. The molecule has 0 fully saturated rings. The molecule has 22 heavy (non-hydrogen) atoms. The largest absolute Gasteiger partial charge is 0.507 e. The number of phenols is 1. The first-order valence-corrected chi connectivity index (χ1v) is 6.57. The Bertz CT molecular complexity index is 714. The highest BCUT2D eigenvalue weighted by Gasteiger charge is 2.09. The highest BCUT2D eigenvalue weighted by molar-refractivity contribution is 6.02. The molecule has 0 bridgehead atoms. The highest BCUT2D eigenvalue weighted by Crippen LogP contribution is 2.21. The van der Waals surface area contributed by atoms with Crippen LogP contribution in [0.3, 0.4) is 0 Å². The number of hydrogen-bond acceptors (Lipinski definition) is 5. The second kappa shape index (κ2) is 6.66. The normalized spacial score (nSPS) is 11.3. The maximum atomic E-state index is 13.3. The van der Waals surface area contributed by atoms with E-state index in [2.05, 4.69) is 10.5 Å². The van der Waals surface area contributed by atoms with Crippen molar-refractivity contribution >= 4 is 17.1 Å². The third-order valence-electron chi connectivity index (χ3n) is 3.00. The number of nitrogens with one attached hydrogen (secondary N) is 1. The van der Waals surface area contributed by atoms with Gasteiger partial charge in [0.25, 0.3) is 5.69 Å². The lowest BCUT2D eigenvalue weighted by Gasteiger charge is -2.08. The van der Waals surface area contributed by atoms with E-state index in [0.29, 0.717) is 23.4 Å². The van der Waals surface area contributed by atoms with E-state index in [-0.39, 0.29) is 11.4 Å². The van der Waals surface area contributed by atoms with E-state index in [1.54, 1.807) is 0 Å². The van der Waals surface area contributed by atoms with Crippen LogP contribution < -0.4 is 5.43 Å². The van der Waals surface area contributed by atoms with E-state index in [0.717, 1.165) is 6.07 Å². The number of nitro groups is 1. The van der Waals surface area contributed by atoms with Crippen LogP contribution in [0.25, 0.3) is 0 Å². The molecule has 2 aromatic rings. The minimum absolute atomic E-state index is 0.0204. The van der Waals surface area contributed by atoms with Crippen LogP contribution in [0.5, 0.6) is 5.75 Å². The van der Waals surface area contributed by atoms with Crippen molar-refractivity contribution in [2.24, 2.45) is 5.10 Å². The average Bonchev–Trinajstić information content (AvgIpc) is 2.51. The Kier molecular flexibility index (Phi) is 4.67. The molecule has 0 saturated carbocycles. The number of hydrazone groups is 1. The monoisotopic (exact) mass is 303 g/mol. The minimum Gasteiger partial charge on any atom is -0.507 e. The summed E-state index contributed by atoms with van der Waals surface area (Å²) >= 11 is 0. The fraction of sp³-hybridized carbons (Fsp3) is 0.133. The van der Waals surface area contributed by atoms with Crippen LogP contribution in [-0.4, -0.2) is 15.7 Å². The van der Waals surface area contributed by atoms with Crippen molar-refractivity contribution in [1.82, 2.24) is 0 Å². The molecule has 0 aliphatic rings. The van der Waals surface area contributed by atoms with Crippen molar-refractivity contribution in [2.45, 2.75) is 13.3 Å². The van der Waals surface area contributed by atoms with Crippen LogP contribution in [-0.2, 0) is 0 Å². The topological polar surface area (TPSA) is 87.8 Å².